The van der Waals surface area contributed by atoms with Gasteiger partial charge in [0.1, 0.15) is 0 Å². The summed E-state index contributed by atoms with van der Waals surface area (Å²) in [5, 5.41) is 0. The second-order valence-corrected chi connectivity index (χ2v) is 6.23. The fourth-order valence-corrected chi connectivity index (χ4v) is 2.91. The van der Waals surface area contributed by atoms with Crippen LogP contribution in [0.15, 0.2) is 28.7 Å². The van der Waals surface area contributed by atoms with Crippen LogP contribution in [0.2, 0.25) is 0 Å². The summed E-state index contributed by atoms with van der Waals surface area (Å²) in [4.78, 5) is 2.56. The molecule has 100 valence electrons. The van der Waals surface area contributed by atoms with Gasteiger partial charge in [0.2, 0.25) is 0 Å². The normalized spacial score (nSPS) is 22.3. The average Bonchev–Trinajstić information content (AvgIpc) is 2.85. The molecule has 3 heteroatoms. The van der Waals surface area contributed by atoms with Crippen molar-refractivity contribution in [3.05, 3.63) is 34.3 Å². The van der Waals surface area contributed by atoms with Crippen LogP contribution in [0.1, 0.15) is 37.8 Å². The summed E-state index contributed by atoms with van der Waals surface area (Å²) in [6.07, 6.45) is 3.73. The molecule has 2 unspecified atom stereocenters. The molecule has 1 heterocycles. The molecule has 0 bridgehead atoms. The molecule has 0 aromatic heterocycles. The zero-order chi connectivity index (χ0) is 13.0. The summed E-state index contributed by atoms with van der Waals surface area (Å²) < 4.78 is 1.11. The molecule has 2 rings (SSSR count). The molecule has 18 heavy (non-hydrogen) atoms. The van der Waals surface area contributed by atoms with Gasteiger partial charge in [-0.25, -0.2) is 0 Å². The van der Waals surface area contributed by atoms with Crippen molar-refractivity contribution in [2.75, 3.05) is 19.6 Å². The van der Waals surface area contributed by atoms with Gasteiger partial charge in [0.25, 0.3) is 0 Å². The van der Waals surface area contributed by atoms with E-state index in [-0.39, 0.29) is 6.04 Å². The summed E-state index contributed by atoms with van der Waals surface area (Å²) in [7, 11) is 0. The lowest BCUT2D eigenvalue weighted by atomic mass is 10.0. The quantitative estimate of drug-likeness (QED) is 0.901. The van der Waals surface area contributed by atoms with Crippen molar-refractivity contribution < 1.29 is 0 Å². The predicted octanol–water partition coefficient (Wildman–Crippen LogP) is 3.57. The van der Waals surface area contributed by atoms with Gasteiger partial charge in [-0.3, -0.25) is 0 Å². The van der Waals surface area contributed by atoms with Gasteiger partial charge in [0, 0.05) is 17.1 Å². The first-order valence-electron chi connectivity index (χ1n) is 6.92. The van der Waals surface area contributed by atoms with Crippen molar-refractivity contribution in [3.63, 3.8) is 0 Å². The highest BCUT2D eigenvalue weighted by Crippen LogP contribution is 2.22. The largest absolute Gasteiger partial charge is 0.324 e. The zero-order valence-corrected chi connectivity index (χ0v) is 12.7. The molecule has 1 saturated heterocycles. The number of nitrogens with two attached hydrogens (primary N) is 1. The number of hydrogen-bond acceptors (Lipinski definition) is 2. The second kappa shape index (κ2) is 6.69. The van der Waals surface area contributed by atoms with Crippen molar-refractivity contribution in [1.82, 2.24) is 4.90 Å². The van der Waals surface area contributed by atoms with Crippen molar-refractivity contribution in [3.8, 4) is 0 Å². The van der Waals surface area contributed by atoms with E-state index in [2.05, 4.69) is 52.0 Å². The highest BCUT2D eigenvalue weighted by atomic mass is 79.9. The lowest BCUT2D eigenvalue weighted by Crippen LogP contribution is -2.25. The first kappa shape index (κ1) is 14.0. The summed E-state index contributed by atoms with van der Waals surface area (Å²) >= 11 is 3.45. The molecule has 1 aliphatic rings. The SMILES string of the molecule is CCC1CCN(CCC(N)c2ccc(Br)cc2)C1. The molecular weight excluding hydrogens is 288 g/mol. The van der Waals surface area contributed by atoms with Gasteiger partial charge < -0.3 is 10.6 Å². The molecule has 0 aliphatic carbocycles. The van der Waals surface area contributed by atoms with E-state index in [9.17, 15) is 0 Å². The predicted molar refractivity (Wildman–Crippen MR) is 80.5 cm³/mol. The van der Waals surface area contributed by atoms with Crippen LogP contribution in [-0.2, 0) is 0 Å². The number of halogens is 1. The molecule has 0 amide bonds. The summed E-state index contributed by atoms with van der Waals surface area (Å²) in [6.45, 7) is 5.95. The Kier molecular flexibility index (Phi) is 5.22. The first-order valence-corrected chi connectivity index (χ1v) is 7.71. The molecule has 0 spiro atoms. The van der Waals surface area contributed by atoms with Crippen LogP contribution in [0.5, 0.6) is 0 Å². The Morgan fingerprint density at radius 1 is 1.39 bits per heavy atom. The van der Waals surface area contributed by atoms with Crippen molar-refractivity contribution >= 4 is 15.9 Å². The van der Waals surface area contributed by atoms with Crippen LogP contribution >= 0.6 is 15.9 Å². The number of nitrogens with zero attached hydrogens (tertiary/aromatic N) is 1. The molecule has 1 aliphatic heterocycles. The van der Waals surface area contributed by atoms with Crippen LogP contribution in [0.3, 0.4) is 0 Å². The summed E-state index contributed by atoms with van der Waals surface area (Å²) in [5.74, 6) is 0.911. The van der Waals surface area contributed by atoms with E-state index in [1.165, 1.54) is 31.5 Å². The monoisotopic (exact) mass is 310 g/mol. The Morgan fingerprint density at radius 2 is 2.11 bits per heavy atom. The zero-order valence-electron chi connectivity index (χ0n) is 11.1. The van der Waals surface area contributed by atoms with E-state index in [4.69, 9.17) is 5.73 Å². The molecular formula is C15H23BrN2. The number of rotatable bonds is 5. The maximum absolute atomic E-state index is 6.25. The van der Waals surface area contributed by atoms with Gasteiger partial charge in [-0.05, 0) is 49.5 Å². The molecule has 0 radical (unpaired) electrons. The van der Waals surface area contributed by atoms with E-state index in [0.717, 1.165) is 23.4 Å². The van der Waals surface area contributed by atoms with Gasteiger partial charge >= 0.3 is 0 Å². The number of hydrogen-bond donors (Lipinski definition) is 1. The maximum atomic E-state index is 6.25. The van der Waals surface area contributed by atoms with Gasteiger partial charge in [0.05, 0.1) is 0 Å². The molecule has 0 saturated carbocycles. The Labute approximate surface area is 119 Å². The number of likely N-dealkylation sites (tertiary alicyclic amines) is 1. The number of benzene rings is 1. The Bertz CT molecular complexity index is 363. The third-order valence-corrected chi connectivity index (χ3v) is 4.53. The minimum Gasteiger partial charge on any atom is -0.324 e. The molecule has 1 aromatic rings. The van der Waals surface area contributed by atoms with Gasteiger partial charge in [-0.15, -0.1) is 0 Å². The second-order valence-electron chi connectivity index (χ2n) is 5.31. The van der Waals surface area contributed by atoms with E-state index in [0.29, 0.717) is 0 Å². The maximum Gasteiger partial charge on any atom is 0.0307 e. The molecule has 1 fully saturated rings. The highest BCUT2D eigenvalue weighted by molar-refractivity contribution is 9.10. The highest BCUT2D eigenvalue weighted by Gasteiger charge is 2.21. The van der Waals surface area contributed by atoms with Crippen LogP contribution in [0, 0.1) is 5.92 Å². The lowest BCUT2D eigenvalue weighted by Gasteiger charge is -2.19. The van der Waals surface area contributed by atoms with Gasteiger partial charge in [-0.2, -0.15) is 0 Å². The Morgan fingerprint density at radius 3 is 2.72 bits per heavy atom. The topological polar surface area (TPSA) is 29.3 Å². The third-order valence-electron chi connectivity index (χ3n) is 4.00. The van der Waals surface area contributed by atoms with E-state index in [1.54, 1.807) is 0 Å². The van der Waals surface area contributed by atoms with E-state index in [1.807, 2.05) is 0 Å². The minimum atomic E-state index is 0.166. The standard InChI is InChI=1S/C15H23BrN2/c1-2-12-7-9-18(11-12)10-8-15(17)13-3-5-14(16)6-4-13/h3-6,12,15H,2,7-11,17H2,1H3. The Hall–Kier alpha value is -0.380. The Balaban J connectivity index is 1.78. The summed E-state index contributed by atoms with van der Waals surface area (Å²) in [5.41, 5.74) is 7.49. The smallest absolute Gasteiger partial charge is 0.0307 e. The van der Waals surface area contributed by atoms with E-state index >= 15 is 0 Å². The molecule has 2 atom stereocenters. The fourth-order valence-electron chi connectivity index (χ4n) is 2.65. The first-order chi connectivity index (χ1) is 8.69. The van der Waals surface area contributed by atoms with Crippen molar-refractivity contribution in [2.24, 2.45) is 11.7 Å². The third kappa shape index (κ3) is 3.81. The minimum absolute atomic E-state index is 0.166. The van der Waals surface area contributed by atoms with Crippen LogP contribution < -0.4 is 5.73 Å². The van der Waals surface area contributed by atoms with Gasteiger partial charge in [0.15, 0.2) is 0 Å². The van der Waals surface area contributed by atoms with Crippen LogP contribution in [0.4, 0.5) is 0 Å². The molecule has 2 N–H and O–H groups in total. The van der Waals surface area contributed by atoms with Gasteiger partial charge in [-0.1, -0.05) is 41.4 Å². The average molecular weight is 311 g/mol. The van der Waals surface area contributed by atoms with Crippen LogP contribution in [0.25, 0.3) is 0 Å². The van der Waals surface area contributed by atoms with E-state index < -0.39 is 0 Å². The van der Waals surface area contributed by atoms with Crippen molar-refractivity contribution in [1.29, 1.82) is 0 Å². The van der Waals surface area contributed by atoms with Crippen molar-refractivity contribution in [2.45, 2.75) is 32.2 Å². The fraction of sp³-hybridized carbons (Fsp3) is 0.600. The summed E-state index contributed by atoms with van der Waals surface area (Å²) in [6, 6.07) is 8.54. The molecule has 1 aromatic carbocycles. The van der Waals surface area contributed by atoms with Crippen LogP contribution in [-0.4, -0.2) is 24.5 Å². The lowest BCUT2D eigenvalue weighted by molar-refractivity contribution is 0.308. The molecule has 2 nitrogen and oxygen atoms in total.